The van der Waals surface area contributed by atoms with Crippen LogP contribution in [0.5, 0.6) is 0 Å². The molecule has 0 aliphatic heterocycles. The Balaban J connectivity index is 2.19. The molecule has 5 nitrogen and oxygen atoms in total. The molecule has 0 bridgehead atoms. The van der Waals surface area contributed by atoms with E-state index in [0.717, 1.165) is 13.1 Å². The van der Waals surface area contributed by atoms with E-state index in [1.807, 2.05) is 18.7 Å². The molecule has 2 rings (SSSR count). The Bertz CT molecular complexity index is 542. The molecule has 100 valence electrons. The predicted molar refractivity (Wildman–Crippen MR) is 73.1 cm³/mol. The zero-order valence-electron chi connectivity index (χ0n) is 11.0. The van der Waals surface area contributed by atoms with Gasteiger partial charge in [-0.3, -0.25) is 0 Å². The van der Waals surface area contributed by atoms with Crippen molar-refractivity contribution in [3.63, 3.8) is 0 Å². The molecule has 0 fully saturated rings. The highest BCUT2D eigenvalue weighted by Crippen LogP contribution is 2.16. The van der Waals surface area contributed by atoms with Crippen LogP contribution in [0.3, 0.4) is 0 Å². The summed E-state index contributed by atoms with van der Waals surface area (Å²) in [4.78, 5) is 6.35. The van der Waals surface area contributed by atoms with Gasteiger partial charge in [0, 0.05) is 18.8 Å². The van der Waals surface area contributed by atoms with E-state index in [2.05, 4.69) is 20.5 Å². The van der Waals surface area contributed by atoms with Crippen LogP contribution in [0.25, 0.3) is 0 Å². The lowest BCUT2D eigenvalue weighted by Gasteiger charge is -2.18. The van der Waals surface area contributed by atoms with E-state index < -0.39 is 0 Å². The molecule has 0 atom stereocenters. The van der Waals surface area contributed by atoms with Crippen molar-refractivity contribution in [3.8, 4) is 0 Å². The van der Waals surface area contributed by atoms with Crippen molar-refractivity contribution < 1.29 is 4.39 Å². The molecule has 1 aromatic heterocycles. The number of rotatable bonds is 5. The monoisotopic (exact) mass is 261 g/mol. The molecular formula is C13H16FN5. The molecule has 0 aliphatic rings. The third-order valence-corrected chi connectivity index (χ3v) is 2.69. The highest BCUT2D eigenvalue weighted by atomic mass is 19.1. The normalized spacial score (nSPS) is 10.3. The molecular weight excluding hydrogens is 245 g/mol. The Morgan fingerprint density at radius 2 is 2.05 bits per heavy atom. The highest BCUT2D eigenvalue weighted by molar-refractivity contribution is 5.56. The average Bonchev–Trinajstić information content (AvgIpc) is 2.41. The molecule has 1 N–H and O–H groups in total. The van der Waals surface area contributed by atoms with Crippen molar-refractivity contribution in [2.24, 2.45) is 0 Å². The van der Waals surface area contributed by atoms with Gasteiger partial charge in [-0.2, -0.15) is 10.1 Å². The fraction of sp³-hybridized carbons (Fsp3) is 0.308. The van der Waals surface area contributed by atoms with E-state index in [1.54, 1.807) is 12.1 Å². The van der Waals surface area contributed by atoms with E-state index in [1.165, 1.54) is 18.3 Å². The van der Waals surface area contributed by atoms with Gasteiger partial charge in [0.15, 0.2) is 5.82 Å². The third-order valence-electron chi connectivity index (χ3n) is 2.69. The van der Waals surface area contributed by atoms with Crippen molar-refractivity contribution in [2.75, 3.05) is 23.3 Å². The SMILES string of the molecule is CCN(CC)c1nncc(Nc2cccc(F)c2)n1. The van der Waals surface area contributed by atoms with Crippen LogP contribution in [0.1, 0.15) is 13.8 Å². The second kappa shape index (κ2) is 6.08. The van der Waals surface area contributed by atoms with Crippen LogP contribution in [0.2, 0.25) is 0 Å². The van der Waals surface area contributed by atoms with Crippen LogP contribution in [0.4, 0.5) is 21.8 Å². The van der Waals surface area contributed by atoms with Crippen molar-refractivity contribution >= 4 is 17.5 Å². The van der Waals surface area contributed by atoms with Gasteiger partial charge < -0.3 is 10.2 Å². The molecule has 19 heavy (non-hydrogen) atoms. The van der Waals surface area contributed by atoms with Gasteiger partial charge in [0.1, 0.15) is 5.82 Å². The number of anilines is 3. The van der Waals surface area contributed by atoms with Gasteiger partial charge in [-0.1, -0.05) is 6.07 Å². The average molecular weight is 261 g/mol. The molecule has 0 unspecified atom stereocenters. The second-order valence-electron chi connectivity index (χ2n) is 3.95. The van der Waals surface area contributed by atoms with Crippen LogP contribution in [0, 0.1) is 5.82 Å². The number of hydrogen-bond donors (Lipinski definition) is 1. The summed E-state index contributed by atoms with van der Waals surface area (Å²) in [5, 5.41) is 10.9. The van der Waals surface area contributed by atoms with Crippen molar-refractivity contribution in [3.05, 3.63) is 36.3 Å². The van der Waals surface area contributed by atoms with Crippen LogP contribution < -0.4 is 10.2 Å². The fourth-order valence-electron chi connectivity index (χ4n) is 1.71. The standard InChI is InChI=1S/C13H16FN5/c1-3-19(4-2)13-17-12(9-15-18-13)16-11-7-5-6-10(14)8-11/h5-9H,3-4H2,1-2H3,(H,16,17,18). The van der Waals surface area contributed by atoms with Gasteiger partial charge in [-0.25, -0.2) is 4.39 Å². The summed E-state index contributed by atoms with van der Waals surface area (Å²) in [5.41, 5.74) is 0.631. The molecule has 0 radical (unpaired) electrons. The minimum absolute atomic E-state index is 0.295. The molecule has 0 aliphatic carbocycles. The number of nitrogens with zero attached hydrogens (tertiary/aromatic N) is 4. The largest absolute Gasteiger partial charge is 0.340 e. The number of halogens is 1. The minimum Gasteiger partial charge on any atom is -0.340 e. The van der Waals surface area contributed by atoms with E-state index in [-0.39, 0.29) is 5.82 Å². The quantitative estimate of drug-likeness (QED) is 0.896. The maximum Gasteiger partial charge on any atom is 0.247 e. The number of benzene rings is 1. The van der Waals surface area contributed by atoms with E-state index in [9.17, 15) is 4.39 Å². The Kier molecular flexibility index (Phi) is 4.22. The summed E-state index contributed by atoms with van der Waals surface area (Å²) in [6.07, 6.45) is 1.51. The van der Waals surface area contributed by atoms with Crippen LogP contribution in [-0.4, -0.2) is 28.3 Å². The van der Waals surface area contributed by atoms with Crippen LogP contribution in [0.15, 0.2) is 30.5 Å². The summed E-state index contributed by atoms with van der Waals surface area (Å²) in [6.45, 7) is 5.67. The second-order valence-corrected chi connectivity index (χ2v) is 3.95. The summed E-state index contributed by atoms with van der Waals surface area (Å²) in [6, 6.07) is 6.20. The Morgan fingerprint density at radius 1 is 1.26 bits per heavy atom. The first kappa shape index (κ1) is 13.2. The van der Waals surface area contributed by atoms with Gasteiger partial charge >= 0.3 is 0 Å². The van der Waals surface area contributed by atoms with Gasteiger partial charge in [-0.15, -0.1) is 5.10 Å². The molecule has 1 heterocycles. The molecule has 6 heteroatoms. The van der Waals surface area contributed by atoms with Gasteiger partial charge in [0.25, 0.3) is 0 Å². The first-order valence-corrected chi connectivity index (χ1v) is 6.20. The van der Waals surface area contributed by atoms with E-state index >= 15 is 0 Å². The van der Waals surface area contributed by atoms with Gasteiger partial charge in [0.05, 0.1) is 6.20 Å². The van der Waals surface area contributed by atoms with Crippen LogP contribution in [-0.2, 0) is 0 Å². The zero-order valence-corrected chi connectivity index (χ0v) is 11.0. The molecule has 0 saturated heterocycles. The highest BCUT2D eigenvalue weighted by Gasteiger charge is 2.07. The minimum atomic E-state index is -0.295. The van der Waals surface area contributed by atoms with E-state index in [0.29, 0.717) is 17.5 Å². The summed E-state index contributed by atoms with van der Waals surface area (Å²) >= 11 is 0. The smallest absolute Gasteiger partial charge is 0.247 e. The predicted octanol–water partition coefficient (Wildman–Crippen LogP) is 2.60. The molecule has 0 amide bonds. The Hall–Kier alpha value is -2.24. The van der Waals surface area contributed by atoms with Crippen molar-refractivity contribution in [1.82, 2.24) is 15.2 Å². The van der Waals surface area contributed by atoms with Gasteiger partial charge in [0.2, 0.25) is 5.95 Å². The van der Waals surface area contributed by atoms with Gasteiger partial charge in [-0.05, 0) is 32.0 Å². The lowest BCUT2D eigenvalue weighted by Crippen LogP contribution is -2.24. The molecule has 1 aromatic carbocycles. The maximum absolute atomic E-state index is 13.1. The first-order chi connectivity index (χ1) is 9.22. The van der Waals surface area contributed by atoms with Crippen molar-refractivity contribution in [1.29, 1.82) is 0 Å². The molecule has 2 aromatic rings. The Morgan fingerprint density at radius 3 is 2.74 bits per heavy atom. The number of aromatic nitrogens is 3. The van der Waals surface area contributed by atoms with Crippen molar-refractivity contribution in [2.45, 2.75) is 13.8 Å². The summed E-state index contributed by atoms with van der Waals surface area (Å²) < 4.78 is 13.1. The number of nitrogens with one attached hydrogen (secondary N) is 1. The first-order valence-electron chi connectivity index (χ1n) is 6.20. The molecule has 0 spiro atoms. The fourth-order valence-corrected chi connectivity index (χ4v) is 1.71. The zero-order chi connectivity index (χ0) is 13.7. The third kappa shape index (κ3) is 3.37. The molecule has 0 saturated carbocycles. The topological polar surface area (TPSA) is 53.9 Å². The summed E-state index contributed by atoms with van der Waals surface area (Å²) in [7, 11) is 0. The summed E-state index contributed by atoms with van der Waals surface area (Å²) in [5.74, 6) is 0.810. The van der Waals surface area contributed by atoms with Crippen LogP contribution >= 0.6 is 0 Å². The lowest BCUT2D eigenvalue weighted by atomic mass is 10.3. The lowest BCUT2D eigenvalue weighted by molar-refractivity contribution is 0.628. The number of hydrogen-bond acceptors (Lipinski definition) is 5. The van der Waals surface area contributed by atoms with E-state index in [4.69, 9.17) is 0 Å². The Labute approximate surface area is 111 Å². The maximum atomic E-state index is 13.1.